The summed E-state index contributed by atoms with van der Waals surface area (Å²) in [6.07, 6.45) is 1.11. The molecular weight excluding hydrogens is 220 g/mol. The van der Waals surface area contributed by atoms with Gasteiger partial charge < -0.3 is 4.90 Å². The van der Waals surface area contributed by atoms with Gasteiger partial charge in [-0.1, -0.05) is 6.92 Å². The van der Waals surface area contributed by atoms with Crippen LogP contribution in [-0.4, -0.2) is 50.4 Å². The Hall–Kier alpha value is -1.11. The van der Waals surface area contributed by atoms with E-state index in [0.717, 1.165) is 6.26 Å². The molecule has 1 aliphatic heterocycles. The largest absolute Gasteiger partial charge is 0.324 e. The molecule has 0 aromatic rings. The fourth-order valence-electron chi connectivity index (χ4n) is 1.27. The van der Waals surface area contributed by atoms with Gasteiger partial charge in [-0.15, -0.1) is 0 Å². The minimum atomic E-state index is -3.08. The summed E-state index contributed by atoms with van der Waals surface area (Å²) >= 11 is 0. The van der Waals surface area contributed by atoms with E-state index in [2.05, 4.69) is 5.32 Å². The molecule has 3 amide bonds. The molecule has 0 spiro atoms. The second-order valence-electron chi connectivity index (χ2n) is 3.77. The van der Waals surface area contributed by atoms with Gasteiger partial charge in [0.05, 0.1) is 11.7 Å². The molecule has 1 aliphatic rings. The maximum Gasteiger partial charge on any atom is 0.324 e. The number of hydrogen-bond acceptors (Lipinski definition) is 4. The number of nitrogens with one attached hydrogen (secondary N) is 1. The Bertz CT molecular complexity index is 376. The predicted octanol–water partition coefficient (Wildman–Crippen LogP) is -0.781. The lowest BCUT2D eigenvalue weighted by Crippen LogP contribution is -2.54. The van der Waals surface area contributed by atoms with Crippen LogP contribution in [0.4, 0.5) is 4.79 Å². The van der Waals surface area contributed by atoms with Gasteiger partial charge in [0, 0.05) is 19.3 Å². The molecule has 15 heavy (non-hydrogen) atoms. The minimum absolute atomic E-state index is 0.0820. The Morgan fingerprint density at radius 2 is 2.07 bits per heavy atom. The van der Waals surface area contributed by atoms with Gasteiger partial charge >= 0.3 is 6.03 Å². The molecule has 0 aromatic heterocycles. The van der Waals surface area contributed by atoms with Crippen LogP contribution in [0.25, 0.3) is 0 Å². The zero-order valence-corrected chi connectivity index (χ0v) is 9.50. The van der Waals surface area contributed by atoms with Crippen molar-refractivity contribution in [3.63, 3.8) is 0 Å². The van der Waals surface area contributed by atoms with Gasteiger partial charge in [-0.05, 0) is 0 Å². The second-order valence-corrected chi connectivity index (χ2v) is 6.03. The van der Waals surface area contributed by atoms with Crippen LogP contribution in [0.5, 0.6) is 0 Å². The van der Waals surface area contributed by atoms with Crippen molar-refractivity contribution in [2.75, 3.05) is 25.1 Å². The minimum Gasteiger partial charge on any atom is -0.323 e. The number of nitrogens with zero attached hydrogens (tertiary/aromatic N) is 1. The maximum atomic E-state index is 11.3. The maximum absolute atomic E-state index is 11.3. The molecule has 0 aromatic carbocycles. The van der Waals surface area contributed by atoms with Crippen molar-refractivity contribution in [2.24, 2.45) is 5.92 Å². The van der Waals surface area contributed by atoms with E-state index in [0.29, 0.717) is 0 Å². The number of hydrogen-bond donors (Lipinski definition) is 1. The highest BCUT2D eigenvalue weighted by atomic mass is 32.2. The van der Waals surface area contributed by atoms with Gasteiger partial charge in [-0.25, -0.2) is 13.2 Å². The quantitative estimate of drug-likeness (QED) is 0.694. The fraction of sp³-hybridized carbons (Fsp3) is 0.750. The highest BCUT2D eigenvalue weighted by molar-refractivity contribution is 7.90. The first-order valence-electron chi connectivity index (χ1n) is 4.57. The number of carbonyl (C=O) groups is 2. The Morgan fingerprint density at radius 1 is 1.47 bits per heavy atom. The lowest BCUT2D eigenvalue weighted by Gasteiger charge is -2.29. The van der Waals surface area contributed by atoms with Gasteiger partial charge in [-0.3, -0.25) is 10.1 Å². The zero-order valence-electron chi connectivity index (χ0n) is 8.69. The molecule has 1 unspecified atom stereocenters. The topological polar surface area (TPSA) is 83.6 Å². The van der Waals surface area contributed by atoms with Gasteiger partial charge in [0.2, 0.25) is 5.91 Å². The summed E-state index contributed by atoms with van der Waals surface area (Å²) in [5.74, 6) is -0.681. The van der Waals surface area contributed by atoms with Crippen LogP contribution in [0.15, 0.2) is 0 Å². The molecule has 1 heterocycles. The zero-order chi connectivity index (χ0) is 11.6. The van der Waals surface area contributed by atoms with E-state index in [1.807, 2.05) is 0 Å². The van der Waals surface area contributed by atoms with Crippen LogP contribution in [-0.2, 0) is 14.6 Å². The Morgan fingerprint density at radius 3 is 2.60 bits per heavy atom. The van der Waals surface area contributed by atoms with Crippen molar-refractivity contribution >= 4 is 21.8 Å². The molecule has 1 atom stereocenters. The van der Waals surface area contributed by atoms with Gasteiger partial charge in [0.15, 0.2) is 0 Å². The van der Waals surface area contributed by atoms with E-state index in [1.165, 1.54) is 4.90 Å². The standard InChI is InChI=1S/C8H14N2O4S/c1-6-5-10(3-4-15(2,13)14)8(12)9-7(6)11/h6H,3-5H2,1-2H3,(H,9,11,12). The second kappa shape index (κ2) is 4.18. The van der Waals surface area contributed by atoms with Crippen molar-refractivity contribution in [3.8, 4) is 0 Å². The van der Waals surface area contributed by atoms with Crippen molar-refractivity contribution in [3.05, 3.63) is 0 Å². The van der Waals surface area contributed by atoms with Crippen molar-refractivity contribution in [1.29, 1.82) is 0 Å². The van der Waals surface area contributed by atoms with Gasteiger partial charge in [-0.2, -0.15) is 0 Å². The number of imide groups is 1. The Kier molecular flexibility index (Phi) is 3.33. The van der Waals surface area contributed by atoms with Crippen LogP contribution >= 0.6 is 0 Å². The third-order valence-corrected chi connectivity index (χ3v) is 3.12. The average Bonchev–Trinajstić information content (AvgIpc) is 2.07. The molecule has 0 saturated carbocycles. The Labute approximate surface area is 88.5 Å². The van der Waals surface area contributed by atoms with Crippen LogP contribution < -0.4 is 5.32 Å². The van der Waals surface area contributed by atoms with Crippen molar-refractivity contribution in [1.82, 2.24) is 10.2 Å². The first-order valence-corrected chi connectivity index (χ1v) is 6.63. The first kappa shape index (κ1) is 12.0. The SMILES string of the molecule is CC1CN(CCS(C)(=O)=O)C(=O)NC1=O. The van der Waals surface area contributed by atoms with Crippen LogP contribution in [0.1, 0.15) is 6.92 Å². The molecule has 86 valence electrons. The summed E-state index contributed by atoms with van der Waals surface area (Å²) in [5.41, 5.74) is 0. The van der Waals surface area contributed by atoms with E-state index in [9.17, 15) is 18.0 Å². The number of carbonyl (C=O) groups excluding carboxylic acids is 2. The number of sulfone groups is 1. The number of amides is 3. The molecule has 0 aliphatic carbocycles. The molecular formula is C8H14N2O4S. The smallest absolute Gasteiger partial charge is 0.323 e. The van der Waals surface area contributed by atoms with E-state index in [1.54, 1.807) is 6.92 Å². The van der Waals surface area contributed by atoms with Gasteiger partial charge in [0.1, 0.15) is 9.84 Å². The van der Waals surface area contributed by atoms with Crippen molar-refractivity contribution < 1.29 is 18.0 Å². The third kappa shape index (κ3) is 3.50. The van der Waals surface area contributed by atoms with Crippen LogP contribution in [0.3, 0.4) is 0 Å². The number of urea groups is 1. The molecule has 0 bridgehead atoms. The lowest BCUT2D eigenvalue weighted by molar-refractivity contribution is -0.125. The average molecular weight is 234 g/mol. The fourth-order valence-corrected chi connectivity index (χ4v) is 1.82. The Balaban J connectivity index is 2.56. The van der Waals surface area contributed by atoms with Gasteiger partial charge in [0.25, 0.3) is 0 Å². The summed E-state index contributed by atoms with van der Waals surface area (Å²) in [7, 11) is -3.08. The van der Waals surface area contributed by atoms with Crippen LogP contribution in [0.2, 0.25) is 0 Å². The van der Waals surface area contributed by atoms with Crippen LogP contribution in [0, 0.1) is 5.92 Å². The monoisotopic (exact) mass is 234 g/mol. The normalized spacial score (nSPS) is 22.8. The molecule has 1 N–H and O–H groups in total. The number of rotatable bonds is 3. The summed E-state index contributed by atoms with van der Waals surface area (Å²) in [6, 6.07) is -0.512. The molecule has 1 rings (SSSR count). The lowest BCUT2D eigenvalue weighted by atomic mass is 10.1. The summed E-state index contributed by atoms with van der Waals surface area (Å²) in [5, 5.41) is 2.17. The highest BCUT2D eigenvalue weighted by Crippen LogP contribution is 2.07. The predicted molar refractivity (Wildman–Crippen MR) is 54.0 cm³/mol. The summed E-state index contributed by atoms with van der Waals surface area (Å²) in [4.78, 5) is 23.7. The molecule has 1 saturated heterocycles. The summed E-state index contributed by atoms with van der Waals surface area (Å²) < 4.78 is 21.8. The molecule has 6 nitrogen and oxygen atoms in total. The van der Waals surface area contributed by atoms with E-state index >= 15 is 0 Å². The molecule has 7 heteroatoms. The highest BCUT2D eigenvalue weighted by Gasteiger charge is 2.29. The molecule has 1 fully saturated rings. The first-order chi connectivity index (χ1) is 6.79. The third-order valence-electron chi connectivity index (χ3n) is 2.19. The van der Waals surface area contributed by atoms with E-state index < -0.39 is 15.9 Å². The van der Waals surface area contributed by atoms with E-state index in [4.69, 9.17) is 0 Å². The molecule has 0 radical (unpaired) electrons. The summed E-state index contributed by atoms with van der Waals surface area (Å²) in [6.45, 7) is 2.09. The van der Waals surface area contributed by atoms with E-state index in [-0.39, 0.29) is 30.7 Å². The van der Waals surface area contributed by atoms with Crippen molar-refractivity contribution in [2.45, 2.75) is 6.92 Å².